The van der Waals surface area contributed by atoms with Gasteiger partial charge in [-0.2, -0.15) is 5.10 Å². The van der Waals surface area contributed by atoms with Crippen LogP contribution < -0.4 is 4.74 Å². The maximum atomic E-state index is 13.0. The number of hydrogen-bond donors (Lipinski definition) is 0. The normalized spacial score (nSPS) is 14.7. The van der Waals surface area contributed by atoms with Crippen molar-refractivity contribution in [1.29, 1.82) is 0 Å². The molecule has 0 spiro atoms. The topological polar surface area (TPSA) is 50.6 Å². The van der Waals surface area contributed by atoms with Crippen molar-refractivity contribution in [3.63, 3.8) is 0 Å². The first-order valence-electron chi connectivity index (χ1n) is 11.3. The molecule has 170 valence electrons. The minimum atomic E-state index is 0.127. The summed E-state index contributed by atoms with van der Waals surface area (Å²) in [6.07, 6.45) is 2.14. The maximum Gasteiger partial charge on any atom is 0.264 e. The fourth-order valence-corrected chi connectivity index (χ4v) is 4.85. The third-order valence-electron chi connectivity index (χ3n) is 6.24. The highest BCUT2D eigenvalue weighted by atomic mass is 32.1. The molecule has 3 heterocycles. The number of ether oxygens (including phenoxy) is 1. The highest BCUT2D eigenvalue weighted by Crippen LogP contribution is 2.24. The smallest absolute Gasteiger partial charge is 0.264 e. The van der Waals surface area contributed by atoms with Gasteiger partial charge < -0.3 is 9.64 Å². The lowest BCUT2D eigenvalue weighted by Crippen LogP contribution is -2.48. The standard InChI is InChI=1S/C25H32N4O2S/c1-5-29-15-22(20(4)26-29)14-27-9-11-28(12-10-27)25(30)24-13-21(17-32-24)16-31-23-8-6-7-18(2)19(23)3/h6-8,13,15,17H,5,9-12,14,16H2,1-4H3. The van der Waals surface area contributed by atoms with E-state index >= 15 is 0 Å². The lowest BCUT2D eigenvalue weighted by Gasteiger charge is -2.34. The summed E-state index contributed by atoms with van der Waals surface area (Å²) in [5, 5.41) is 6.57. The van der Waals surface area contributed by atoms with E-state index in [2.05, 4.69) is 50.0 Å². The Kier molecular flexibility index (Phi) is 6.96. The molecule has 4 rings (SSSR count). The van der Waals surface area contributed by atoms with E-state index in [0.29, 0.717) is 6.61 Å². The predicted octanol–water partition coefficient (Wildman–Crippen LogP) is 4.43. The van der Waals surface area contributed by atoms with Crippen LogP contribution in [-0.4, -0.2) is 51.7 Å². The number of benzene rings is 1. The van der Waals surface area contributed by atoms with Crippen molar-refractivity contribution in [1.82, 2.24) is 19.6 Å². The largest absolute Gasteiger partial charge is 0.489 e. The molecule has 1 saturated heterocycles. The molecule has 0 atom stereocenters. The van der Waals surface area contributed by atoms with Gasteiger partial charge in [0.05, 0.1) is 10.6 Å². The van der Waals surface area contributed by atoms with Crippen LogP contribution in [0.25, 0.3) is 0 Å². The average Bonchev–Trinajstić information content (AvgIpc) is 3.41. The van der Waals surface area contributed by atoms with Gasteiger partial charge in [-0.1, -0.05) is 12.1 Å². The van der Waals surface area contributed by atoms with Crippen LogP contribution in [0.1, 0.15) is 44.5 Å². The molecule has 1 amide bonds. The van der Waals surface area contributed by atoms with Crippen molar-refractivity contribution in [2.75, 3.05) is 26.2 Å². The zero-order valence-electron chi connectivity index (χ0n) is 19.4. The predicted molar refractivity (Wildman–Crippen MR) is 128 cm³/mol. The highest BCUT2D eigenvalue weighted by molar-refractivity contribution is 7.12. The Morgan fingerprint density at radius 3 is 2.66 bits per heavy atom. The molecule has 1 aliphatic rings. The summed E-state index contributed by atoms with van der Waals surface area (Å²) in [6.45, 7) is 13.9. The first-order valence-corrected chi connectivity index (χ1v) is 12.1. The summed E-state index contributed by atoms with van der Waals surface area (Å²) in [7, 11) is 0. The first-order chi connectivity index (χ1) is 15.4. The van der Waals surface area contributed by atoms with E-state index in [1.165, 1.54) is 22.5 Å². The summed E-state index contributed by atoms with van der Waals surface area (Å²) >= 11 is 1.51. The number of carbonyl (C=O) groups excluding carboxylic acids is 1. The lowest BCUT2D eigenvalue weighted by molar-refractivity contribution is 0.0633. The van der Waals surface area contributed by atoms with Crippen molar-refractivity contribution in [3.05, 3.63) is 68.7 Å². The molecule has 2 aromatic heterocycles. The van der Waals surface area contributed by atoms with Gasteiger partial charge in [0.1, 0.15) is 12.4 Å². The molecule has 1 aromatic carbocycles. The van der Waals surface area contributed by atoms with E-state index < -0.39 is 0 Å². The van der Waals surface area contributed by atoms with Gasteiger partial charge in [0.2, 0.25) is 0 Å². The SMILES string of the molecule is CCn1cc(CN2CCN(C(=O)c3cc(COc4cccc(C)c4C)cs3)CC2)c(C)n1. The van der Waals surface area contributed by atoms with Gasteiger partial charge in [0.15, 0.2) is 0 Å². The van der Waals surface area contributed by atoms with E-state index in [1.807, 2.05) is 33.2 Å². The second-order valence-electron chi connectivity index (χ2n) is 8.47. The van der Waals surface area contributed by atoms with Crippen molar-refractivity contribution in [3.8, 4) is 5.75 Å². The molecule has 6 nitrogen and oxygen atoms in total. The summed E-state index contributed by atoms with van der Waals surface area (Å²) in [5.74, 6) is 1.03. The van der Waals surface area contributed by atoms with Gasteiger partial charge in [-0.25, -0.2) is 0 Å². The van der Waals surface area contributed by atoms with Crippen LogP contribution in [0.2, 0.25) is 0 Å². The number of hydrogen-bond acceptors (Lipinski definition) is 5. The molecule has 0 saturated carbocycles. The Hall–Kier alpha value is -2.64. The fraction of sp³-hybridized carbons (Fsp3) is 0.440. The van der Waals surface area contributed by atoms with E-state index in [0.717, 1.165) is 66.7 Å². The van der Waals surface area contributed by atoms with Gasteiger partial charge in [-0.15, -0.1) is 11.3 Å². The number of aromatic nitrogens is 2. The second kappa shape index (κ2) is 9.88. The van der Waals surface area contributed by atoms with Crippen LogP contribution >= 0.6 is 11.3 Å². The molecule has 0 bridgehead atoms. The zero-order chi connectivity index (χ0) is 22.7. The molecule has 0 aliphatic carbocycles. The summed E-state index contributed by atoms with van der Waals surface area (Å²) in [4.78, 5) is 18.2. The van der Waals surface area contributed by atoms with Crippen LogP contribution in [0.15, 0.2) is 35.8 Å². The summed E-state index contributed by atoms with van der Waals surface area (Å²) in [5.41, 5.74) is 5.80. The highest BCUT2D eigenvalue weighted by Gasteiger charge is 2.24. The number of aryl methyl sites for hydroxylation is 3. The number of carbonyl (C=O) groups is 1. The van der Waals surface area contributed by atoms with Gasteiger partial charge in [0.25, 0.3) is 5.91 Å². The second-order valence-corrected chi connectivity index (χ2v) is 9.38. The number of thiophene rings is 1. The van der Waals surface area contributed by atoms with Gasteiger partial charge in [-0.3, -0.25) is 14.4 Å². The lowest BCUT2D eigenvalue weighted by atomic mass is 10.1. The van der Waals surface area contributed by atoms with E-state index in [9.17, 15) is 4.79 Å². The fourth-order valence-electron chi connectivity index (χ4n) is 3.99. The van der Waals surface area contributed by atoms with E-state index in [1.54, 1.807) is 0 Å². The molecule has 3 aromatic rings. The molecule has 0 unspecified atom stereocenters. The molecular weight excluding hydrogens is 420 g/mol. The van der Waals surface area contributed by atoms with Gasteiger partial charge in [0, 0.05) is 56.6 Å². The third-order valence-corrected chi connectivity index (χ3v) is 7.21. The number of piperazine rings is 1. The van der Waals surface area contributed by atoms with Crippen LogP contribution in [0, 0.1) is 20.8 Å². The molecule has 32 heavy (non-hydrogen) atoms. The Morgan fingerprint density at radius 2 is 1.94 bits per heavy atom. The minimum absolute atomic E-state index is 0.127. The van der Waals surface area contributed by atoms with Crippen LogP contribution in [0.4, 0.5) is 0 Å². The Balaban J connectivity index is 1.29. The Labute approximate surface area is 194 Å². The zero-order valence-corrected chi connectivity index (χ0v) is 20.2. The Bertz CT molecular complexity index is 1080. The van der Waals surface area contributed by atoms with Crippen LogP contribution in [0.5, 0.6) is 5.75 Å². The van der Waals surface area contributed by atoms with Crippen LogP contribution in [-0.2, 0) is 19.7 Å². The van der Waals surface area contributed by atoms with Crippen molar-refractivity contribution < 1.29 is 9.53 Å². The molecule has 0 N–H and O–H groups in total. The van der Waals surface area contributed by atoms with Gasteiger partial charge >= 0.3 is 0 Å². The maximum absolute atomic E-state index is 13.0. The summed E-state index contributed by atoms with van der Waals surface area (Å²) in [6, 6.07) is 8.07. The Morgan fingerprint density at radius 1 is 1.16 bits per heavy atom. The molecule has 0 radical (unpaired) electrons. The van der Waals surface area contributed by atoms with Gasteiger partial charge in [-0.05, 0) is 56.3 Å². The van der Waals surface area contributed by atoms with Crippen molar-refractivity contribution in [2.24, 2.45) is 0 Å². The number of amides is 1. The average molecular weight is 453 g/mol. The molecule has 1 aliphatic heterocycles. The molecule has 1 fully saturated rings. The minimum Gasteiger partial charge on any atom is -0.489 e. The number of rotatable bonds is 7. The number of nitrogens with zero attached hydrogens (tertiary/aromatic N) is 4. The monoisotopic (exact) mass is 452 g/mol. The third kappa shape index (κ3) is 5.05. The van der Waals surface area contributed by atoms with E-state index in [-0.39, 0.29) is 5.91 Å². The van der Waals surface area contributed by atoms with Crippen molar-refractivity contribution in [2.45, 2.75) is 47.4 Å². The molecule has 7 heteroatoms. The van der Waals surface area contributed by atoms with Crippen molar-refractivity contribution >= 4 is 17.2 Å². The van der Waals surface area contributed by atoms with E-state index in [4.69, 9.17) is 4.74 Å². The quantitative estimate of drug-likeness (QED) is 0.532. The summed E-state index contributed by atoms with van der Waals surface area (Å²) < 4.78 is 7.99. The van der Waals surface area contributed by atoms with Crippen LogP contribution in [0.3, 0.4) is 0 Å². The molecular formula is C25H32N4O2S. The first kappa shape index (κ1) is 22.6.